The van der Waals surface area contributed by atoms with Crippen LogP contribution in [0.4, 0.5) is 5.82 Å². The zero-order chi connectivity index (χ0) is 16.5. The second-order valence-electron chi connectivity index (χ2n) is 5.46. The maximum atomic E-state index is 12.3. The molecule has 1 heterocycles. The van der Waals surface area contributed by atoms with Gasteiger partial charge >= 0.3 is 0 Å². The van der Waals surface area contributed by atoms with Crippen molar-refractivity contribution in [3.63, 3.8) is 0 Å². The van der Waals surface area contributed by atoms with E-state index >= 15 is 0 Å². The van der Waals surface area contributed by atoms with Crippen molar-refractivity contribution in [2.45, 2.75) is 31.7 Å². The van der Waals surface area contributed by atoms with Gasteiger partial charge in [-0.1, -0.05) is 0 Å². The molecule has 0 spiro atoms. The van der Waals surface area contributed by atoms with Gasteiger partial charge in [-0.3, -0.25) is 4.79 Å². The van der Waals surface area contributed by atoms with Crippen LogP contribution in [-0.2, 0) is 9.84 Å². The molecule has 1 N–H and O–H groups in total. The van der Waals surface area contributed by atoms with Gasteiger partial charge in [0.1, 0.15) is 5.82 Å². The summed E-state index contributed by atoms with van der Waals surface area (Å²) >= 11 is 0. The van der Waals surface area contributed by atoms with Gasteiger partial charge in [0.05, 0.1) is 10.6 Å². The molecule has 0 saturated carbocycles. The second kappa shape index (κ2) is 5.92. The Bertz CT molecular complexity index is 790. The third-order valence-corrected chi connectivity index (χ3v) is 4.26. The molecule has 0 atom stereocenters. The highest BCUT2D eigenvalue weighted by Crippen LogP contribution is 2.17. The zero-order valence-corrected chi connectivity index (χ0v) is 13.8. The molecule has 118 valence electrons. The van der Waals surface area contributed by atoms with Gasteiger partial charge in [0.2, 0.25) is 0 Å². The highest BCUT2D eigenvalue weighted by atomic mass is 32.2. The molecule has 1 aromatic carbocycles. The number of hydrogen-bond acceptors (Lipinski definition) is 4. The van der Waals surface area contributed by atoms with E-state index < -0.39 is 9.84 Å². The van der Waals surface area contributed by atoms with Crippen molar-refractivity contribution >= 4 is 21.6 Å². The fourth-order valence-corrected chi connectivity index (χ4v) is 2.68. The van der Waals surface area contributed by atoms with Gasteiger partial charge in [-0.25, -0.2) is 13.1 Å². The van der Waals surface area contributed by atoms with Crippen LogP contribution in [0.5, 0.6) is 0 Å². The number of rotatable bonds is 4. The molecule has 0 bridgehead atoms. The van der Waals surface area contributed by atoms with Gasteiger partial charge in [-0.05, 0) is 45.0 Å². The number of nitrogens with zero attached hydrogens (tertiary/aromatic N) is 2. The Morgan fingerprint density at radius 1 is 1.23 bits per heavy atom. The second-order valence-corrected chi connectivity index (χ2v) is 7.48. The molecule has 6 nitrogen and oxygen atoms in total. The Morgan fingerprint density at radius 3 is 2.32 bits per heavy atom. The summed E-state index contributed by atoms with van der Waals surface area (Å²) in [5, 5.41) is 7.13. The average Bonchev–Trinajstić information content (AvgIpc) is 2.79. The van der Waals surface area contributed by atoms with Crippen molar-refractivity contribution in [3.8, 4) is 0 Å². The standard InChI is InChI=1S/C15H19N3O3S/c1-10(2)18-14(9-11(3)17-18)16-15(19)12-5-7-13(8-6-12)22(4,20)21/h5-10H,1-4H3,(H,16,19). The number of carbonyl (C=O) groups is 1. The molecule has 2 aromatic rings. The van der Waals surface area contributed by atoms with Gasteiger partial charge in [0, 0.05) is 23.9 Å². The quantitative estimate of drug-likeness (QED) is 0.937. The van der Waals surface area contributed by atoms with Crippen LogP contribution in [0, 0.1) is 6.92 Å². The van der Waals surface area contributed by atoms with Crippen LogP contribution in [0.2, 0.25) is 0 Å². The van der Waals surface area contributed by atoms with Crippen LogP contribution in [0.1, 0.15) is 35.9 Å². The first-order valence-electron chi connectivity index (χ1n) is 6.86. The number of hydrogen-bond donors (Lipinski definition) is 1. The lowest BCUT2D eigenvalue weighted by molar-refractivity contribution is 0.102. The van der Waals surface area contributed by atoms with E-state index in [4.69, 9.17) is 0 Å². The zero-order valence-electron chi connectivity index (χ0n) is 13.0. The largest absolute Gasteiger partial charge is 0.307 e. The SMILES string of the molecule is Cc1cc(NC(=O)c2ccc(S(C)(=O)=O)cc2)n(C(C)C)n1. The molecule has 1 amide bonds. The minimum Gasteiger partial charge on any atom is -0.307 e. The topological polar surface area (TPSA) is 81.1 Å². The van der Waals surface area contributed by atoms with E-state index in [1.165, 1.54) is 24.3 Å². The van der Waals surface area contributed by atoms with Crippen molar-refractivity contribution < 1.29 is 13.2 Å². The molecule has 22 heavy (non-hydrogen) atoms. The highest BCUT2D eigenvalue weighted by Gasteiger charge is 2.14. The molecular weight excluding hydrogens is 302 g/mol. The smallest absolute Gasteiger partial charge is 0.256 e. The maximum Gasteiger partial charge on any atom is 0.256 e. The molecule has 0 aliphatic heterocycles. The summed E-state index contributed by atoms with van der Waals surface area (Å²) in [4.78, 5) is 12.4. The number of carbonyl (C=O) groups excluding carboxylic acids is 1. The van der Waals surface area contributed by atoms with E-state index in [9.17, 15) is 13.2 Å². The van der Waals surface area contributed by atoms with E-state index in [2.05, 4.69) is 10.4 Å². The van der Waals surface area contributed by atoms with Gasteiger partial charge in [0.15, 0.2) is 9.84 Å². The first kappa shape index (κ1) is 16.2. The lowest BCUT2D eigenvalue weighted by Gasteiger charge is -2.11. The summed E-state index contributed by atoms with van der Waals surface area (Å²) in [5.41, 5.74) is 1.21. The van der Waals surface area contributed by atoms with Crippen LogP contribution in [0.25, 0.3) is 0 Å². The van der Waals surface area contributed by atoms with Gasteiger partial charge < -0.3 is 5.32 Å². The number of sulfone groups is 1. The fourth-order valence-electron chi connectivity index (χ4n) is 2.05. The van der Waals surface area contributed by atoms with Crippen molar-refractivity contribution in [1.29, 1.82) is 0 Å². The molecule has 0 fully saturated rings. The van der Waals surface area contributed by atoms with E-state index in [-0.39, 0.29) is 16.8 Å². The summed E-state index contributed by atoms with van der Waals surface area (Å²) in [6.45, 7) is 5.81. The number of anilines is 1. The van der Waals surface area contributed by atoms with Crippen LogP contribution in [-0.4, -0.2) is 30.4 Å². The normalized spacial score (nSPS) is 11.7. The van der Waals surface area contributed by atoms with Crippen LogP contribution in [0.3, 0.4) is 0 Å². The average molecular weight is 321 g/mol. The predicted molar refractivity (Wildman–Crippen MR) is 84.9 cm³/mol. The summed E-state index contributed by atoms with van der Waals surface area (Å²) in [5.74, 6) is 0.312. The van der Waals surface area contributed by atoms with E-state index in [1.54, 1.807) is 10.7 Å². The Hall–Kier alpha value is -2.15. The summed E-state index contributed by atoms with van der Waals surface area (Å²) in [6.07, 6.45) is 1.13. The molecule has 0 aliphatic carbocycles. The van der Waals surface area contributed by atoms with Crippen molar-refractivity contribution in [1.82, 2.24) is 9.78 Å². The number of aryl methyl sites for hydroxylation is 1. The molecule has 0 saturated heterocycles. The van der Waals surface area contributed by atoms with Gasteiger partial charge in [0.25, 0.3) is 5.91 Å². The van der Waals surface area contributed by atoms with E-state index in [1.807, 2.05) is 20.8 Å². The number of aromatic nitrogens is 2. The molecule has 2 rings (SSSR count). The summed E-state index contributed by atoms with van der Waals surface area (Å²) in [6, 6.07) is 7.76. The van der Waals surface area contributed by atoms with Crippen molar-refractivity contribution in [2.24, 2.45) is 0 Å². The minimum atomic E-state index is -3.26. The maximum absolute atomic E-state index is 12.3. The van der Waals surface area contributed by atoms with Crippen LogP contribution < -0.4 is 5.32 Å². The third-order valence-electron chi connectivity index (χ3n) is 3.13. The highest BCUT2D eigenvalue weighted by molar-refractivity contribution is 7.90. The first-order valence-corrected chi connectivity index (χ1v) is 8.75. The minimum absolute atomic E-state index is 0.122. The molecule has 0 radical (unpaired) electrons. The van der Waals surface area contributed by atoms with E-state index in [0.29, 0.717) is 11.4 Å². The Morgan fingerprint density at radius 2 is 1.82 bits per heavy atom. The molecule has 1 aromatic heterocycles. The fraction of sp³-hybridized carbons (Fsp3) is 0.333. The Balaban J connectivity index is 2.23. The molecule has 0 aliphatic rings. The first-order chi connectivity index (χ1) is 10.2. The number of benzene rings is 1. The van der Waals surface area contributed by atoms with Gasteiger partial charge in [-0.2, -0.15) is 5.10 Å². The summed E-state index contributed by atoms with van der Waals surface area (Å²) in [7, 11) is -3.26. The number of nitrogens with one attached hydrogen (secondary N) is 1. The lowest BCUT2D eigenvalue weighted by Crippen LogP contribution is -2.16. The predicted octanol–water partition coefficient (Wildman–Crippen LogP) is 2.43. The van der Waals surface area contributed by atoms with Crippen molar-refractivity contribution in [2.75, 3.05) is 11.6 Å². The monoisotopic (exact) mass is 321 g/mol. The van der Waals surface area contributed by atoms with Crippen LogP contribution >= 0.6 is 0 Å². The lowest BCUT2D eigenvalue weighted by atomic mass is 10.2. The molecular formula is C15H19N3O3S. The molecule has 0 unspecified atom stereocenters. The third kappa shape index (κ3) is 3.54. The Labute approximate surface area is 130 Å². The van der Waals surface area contributed by atoms with Crippen molar-refractivity contribution in [3.05, 3.63) is 41.6 Å². The van der Waals surface area contributed by atoms with Crippen LogP contribution in [0.15, 0.2) is 35.2 Å². The number of amides is 1. The van der Waals surface area contributed by atoms with E-state index in [0.717, 1.165) is 11.9 Å². The van der Waals surface area contributed by atoms with Gasteiger partial charge in [-0.15, -0.1) is 0 Å². The Kier molecular flexibility index (Phi) is 4.37. The molecule has 7 heteroatoms. The summed E-state index contributed by atoms with van der Waals surface area (Å²) < 4.78 is 24.6.